The largest absolute Gasteiger partial charge is 0.340 e. The molecule has 0 saturated carbocycles. The molecule has 0 saturated heterocycles. The molecule has 0 bridgehead atoms. The average molecular weight is 552 g/mol. The molecule has 15 heteroatoms. The third-order valence-corrected chi connectivity index (χ3v) is 6.72. The summed E-state index contributed by atoms with van der Waals surface area (Å²) in [5.41, 5.74) is 1.29. The number of rotatable bonds is 11. The van der Waals surface area contributed by atoms with Crippen LogP contribution in [-0.2, 0) is 28.9 Å². The summed E-state index contributed by atoms with van der Waals surface area (Å²) in [6.07, 6.45) is 0. The van der Waals surface area contributed by atoms with Crippen molar-refractivity contribution < 1.29 is 42.2 Å². The van der Waals surface area contributed by atoms with Gasteiger partial charge in [0.1, 0.15) is 11.6 Å². The number of fused-ring (bicyclic) bond motifs is 1. The summed E-state index contributed by atoms with van der Waals surface area (Å²) < 4.78 is 40.6. The van der Waals surface area contributed by atoms with Gasteiger partial charge in [0.25, 0.3) is 10.1 Å². The van der Waals surface area contributed by atoms with Gasteiger partial charge in [0.15, 0.2) is 0 Å². The maximum Gasteiger partial charge on any atom is 0.294 e. The van der Waals surface area contributed by atoms with Crippen LogP contribution in [0.1, 0.15) is 0 Å². The van der Waals surface area contributed by atoms with Crippen LogP contribution in [-0.4, -0.2) is 28.5 Å². The molecule has 4 rings (SSSR count). The van der Waals surface area contributed by atoms with Crippen molar-refractivity contribution in [1.29, 1.82) is 0 Å². The number of nitrogens with zero attached hydrogens (tertiary/aromatic N) is 1. The van der Waals surface area contributed by atoms with Gasteiger partial charge in [0.2, 0.25) is 0 Å². The van der Waals surface area contributed by atoms with Gasteiger partial charge in [-0.25, -0.2) is 15.5 Å². The summed E-state index contributed by atoms with van der Waals surface area (Å²) in [4.78, 5) is 5.47. The van der Waals surface area contributed by atoms with E-state index in [1.807, 2.05) is 18.2 Å². The van der Waals surface area contributed by atoms with Crippen LogP contribution in [0.15, 0.2) is 87.5 Å². The maximum absolute atomic E-state index is 11.2. The molecular formula is C21H17N3O9S3. The smallest absolute Gasteiger partial charge is 0.294 e. The molecule has 0 unspecified atom stereocenters. The number of aromatic nitrogens is 1. The minimum Gasteiger partial charge on any atom is -0.340 e. The van der Waals surface area contributed by atoms with Crippen LogP contribution in [0.25, 0.3) is 10.8 Å². The Balaban J connectivity index is 1.55. The van der Waals surface area contributed by atoms with E-state index in [4.69, 9.17) is 15.1 Å². The van der Waals surface area contributed by atoms with Crippen LogP contribution in [0, 0.1) is 0 Å². The predicted molar refractivity (Wildman–Crippen MR) is 132 cm³/mol. The first-order valence-electron chi connectivity index (χ1n) is 9.82. The minimum absolute atomic E-state index is 0.207. The maximum atomic E-state index is 11.2. The monoisotopic (exact) mass is 551 g/mol. The average Bonchev–Trinajstić information content (AvgIpc) is 2.86. The van der Waals surface area contributed by atoms with Gasteiger partial charge in [-0.15, -0.1) is 8.67 Å². The molecular weight excluding hydrogens is 534 g/mol. The molecule has 12 nitrogen and oxygen atoms in total. The van der Waals surface area contributed by atoms with E-state index in [0.29, 0.717) is 32.8 Å². The number of hydrogen-bond acceptors (Lipinski definition) is 13. The van der Waals surface area contributed by atoms with E-state index in [0.717, 1.165) is 34.9 Å². The fraction of sp³-hybridized carbons (Fsp3) is 0. The zero-order valence-electron chi connectivity index (χ0n) is 17.9. The highest BCUT2D eigenvalue weighted by atomic mass is 32.2. The predicted octanol–water partition coefficient (Wildman–Crippen LogP) is 5.83. The lowest BCUT2D eigenvalue weighted by Gasteiger charge is -2.12. The molecule has 36 heavy (non-hydrogen) atoms. The lowest BCUT2D eigenvalue weighted by molar-refractivity contribution is -0.432. The van der Waals surface area contributed by atoms with E-state index in [9.17, 15) is 8.42 Å². The summed E-state index contributed by atoms with van der Waals surface area (Å²) >= 11 is 1.54. The lowest BCUT2D eigenvalue weighted by Crippen LogP contribution is -2.00. The van der Waals surface area contributed by atoms with E-state index in [2.05, 4.69) is 34.4 Å². The second-order valence-corrected chi connectivity index (χ2v) is 9.90. The van der Waals surface area contributed by atoms with Crippen molar-refractivity contribution in [2.75, 3.05) is 10.6 Å². The van der Waals surface area contributed by atoms with Gasteiger partial charge in [0, 0.05) is 21.2 Å². The SMILES string of the molecule is O=S(=O)(O)c1ccc(Nc2cccc(Nc3ccc4c(SOOO)cc(SOOO)cc4c3)n2)cc1. The second-order valence-electron chi connectivity index (χ2n) is 6.97. The Hall–Kier alpha value is -2.96. The molecule has 0 fully saturated rings. The van der Waals surface area contributed by atoms with Crippen LogP contribution < -0.4 is 10.6 Å². The highest BCUT2D eigenvalue weighted by Gasteiger charge is 2.11. The Morgan fingerprint density at radius 2 is 1.42 bits per heavy atom. The first-order chi connectivity index (χ1) is 17.4. The molecule has 0 radical (unpaired) electrons. The molecule has 0 aliphatic heterocycles. The van der Waals surface area contributed by atoms with E-state index in [1.54, 1.807) is 30.3 Å². The molecule has 5 N–H and O–H groups in total. The number of hydrogen-bond donors (Lipinski definition) is 5. The Bertz CT molecular complexity index is 1450. The Morgan fingerprint density at radius 1 is 0.778 bits per heavy atom. The summed E-state index contributed by atoms with van der Waals surface area (Å²) in [6.45, 7) is 0. The molecule has 188 valence electrons. The normalized spacial score (nSPS) is 11.5. The highest BCUT2D eigenvalue weighted by Crippen LogP contribution is 2.35. The number of pyridine rings is 1. The third-order valence-electron chi connectivity index (χ3n) is 4.65. The zero-order valence-corrected chi connectivity index (χ0v) is 20.3. The zero-order chi connectivity index (χ0) is 25.5. The molecule has 1 aromatic heterocycles. The van der Waals surface area contributed by atoms with Gasteiger partial charge >= 0.3 is 0 Å². The molecule has 0 aliphatic carbocycles. The molecule has 0 spiro atoms. The van der Waals surface area contributed by atoms with Crippen LogP contribution >= 0.6 is 24.1 Å². The fourth-order valence-electron chi connectivity index (χ4n) is 3.19. The van der Waals surface area contributed by atoms with Crippen molar-refractivity contribution in [3.8, 4) is 0 Å². The van der Waals surface area contributed by atoms with Crippen LogP contribution in [0.2, 0.25) is 0 Å². The number of benzene rings is 3. The summed E-state index contributed by atoms with van der Waals surface area (Å²) in [5, 5.41) is 32.1. The lowest BCUT2D eigenvalue weighted by atomic mass is 10.1. The Morgan fingerprint density at radius 3 is 2.08 bits per heavy atom. The van der Waals surface area contributed by atoms with Crippen molar-refractivity contribution in [3.05, 3.63) is 72.8 Å². The second kappa shape index (κ2) is 11.8. The van der Waals surface area contributed by atoms with Gasteiger partial charge in [-0.1, -0.05) is 22.2 Å². The molecule has 0 atom stereocenters. The van der Waals surface area contributed by atoms with Gasteiger partial charge in [0.05, 0.1) is 29.0 Å². The van der Waals surface area contributed by atoms with E-state index in [1.165, 1.54) is 24.3 Å². The topological polar surface area (TPSA) is 169 Å². The van der Waals surface area contributed by atoms with E-state index < -0.39 is 10.1 Å². The van der Waals surface area contributed by atoms with Crippen molar-refractivity contribution in [2.45, 2.75) is 14.7 Å². The van der Waals surface area contributed by atoms with Crippen molar-refractivity contribution in [2.24, 2.45) is 0 Å². The van der Waals surface area contributed by atoms with Crippen molar-refractivity contribution in [3.63, 3.8) is 0 Å². The Labute approximate surface area is 213 Å². The minimum atomic E-state index is -4.27. The first-order valence-corrected chi connectivity index (χ1v) is 12.7. The molecule has 4 aromatic rings. The summed E-state index contributed by atoms with van der Waals surface area (Å²) in [6, 6.07) is 19.8. The Kier molecular flexibility index (Phi) is 8.60. The van der Waals surface area contributed by atoms with Crippen LogP contribution in [0.4, 0.5) is 23.0 Å². The van der Waals surface area contributed by atoms with E-state index in [-0.39, 0.29) is 4.90 Å². The van der Waals surface area contributed by atoms with Crippen LogP contribution in [0.5, 0.6) is 0 Å². The standard InChI is InChI=1S/C21H17N3O9S3/c25-30-32-34-16-11-13-10-15(6-9-18(13)19(12-16)35-33-31-26)23-21-3-1-2-20(24-21)22-14-4-7-17(8-5-14)36(27,28)29/h1-12,25-26H,(H2,22,23,24)(H,27,28,29). The first kappa shape index (κ1) is 26.1. The quantitative estimate of drug-likeness (QED) is 0.0653. The molecule has 0 amide bonds. The summed E-state index contributed by atoms with van der Waals surface area (Å²) in [5.74, 6) is 1.03. The summed E-state index contributed by atoms with van der Waals surface area (Å²) in [7, 11) is -4.27. The van der Waals surface area contributed by atoms with Gasteiger partial charge in [-0.05, 0) is 71.4 Å². The van der Waals surface area contributed by atoms with Gasteiger partial charge in [-0.3, -0.25) is 4.55 Å². The number of anilines is 4. The number of nitrogens with one attached hydrogen (secondary N) is 2. The molecule has 0 aliphatic rings. The molecule has 1 heterocycles. The third kappa shape index (κ3) is 6.83. The van der Waals surface area contributed by atoms with E-state index >= 15 is 0 Å². The fourth-order valence-corrected chi connectivity index (χ4v) is 4.75. The molecule has 3 aromatic carbocycles. The van der Waals surface area contributed by atoms with Crippen molar-refractivity contribution in [1.82, 2.24) is 4.98 Å². The van der Waals surface area contributed by atoms with Gasteiger partial charge in [-0.2, -0.15) is 8.42 Å². The van der Waals surface area contributed by atoms with Crippen LogP contribution in [0.3, 0.4) is 0 Å². The highest BCUT2D eigenvalue weighted by molar-refractivity contribution is 7.95. The van der Waals surface area contributed by atoms with Gasteiger partial charge < -0.3 is 10.6 Å². The van der Waals surface area contributed by atoms with Crippen molar-refractivity contribution >= 4 is 68.0 Å².